The number of ether oxygens (including phenoxy) is 2. The lowest BCUT2D eigenvalue weighted by Gasteiger charge is -2.39. The fraction of sp³-hybridized carbons (Fsp3) is 0.500. The Hall–Kier alpha value is -2.00. The van der Waals surface area contributed by atoms with Crippen LogP contribution in [0.4, 0.5) is 0 Å². The molecule has 3 rings (SSSR count). The van der Waals surface area contributed by atoms with Gasteiger partial charge in [0, 0.05) is 12.1 Å². The highest BCUT2D eigenvalue weighted by Crippen LogP contribution is 2.44. The van der Waals surface area contributed by atoms with Crippen LogP contribution in [-0.4, -0.2) is 31.1 Å². The van der Waals surface area contributed by atoms with Crippen molar-refractivity contribution in [2.75, 3.05) is 20.6 Å². The lowest BCUT2D eigenvalue weighted by atomic mass is 9.85. The Bertz CT molecular complexity index is 798. The van der Waals surface area contributed by atoms with Crippen LogP contribution in [-0.2, 0) is 13.0 Å². The van der Waals surface area contributed by atoms with Crippen molar-refractivity contribution < 1.29 is 9.47 Å². The molecule has 3 nitrogen and oxygen atoms in total. The normalized spacial score (nSPS) is 18.9. The van der Waals surface area contributed by atoms with E-state index in [9.17, 15) is 0 Å². The summed E-state index contributed by atoms with van der Waals surface area (Å²) in [5, 5.41) is 0. The van der Waals surface area contributed by atoms with Crippen molar-refractivity contribution in [3.63, 3.8) is 0 Å². The third kappa shape index (κ3) is 4.30. The van der Waals surface area contributed by atoms with E-state index in [1.54, 1.807) is 0 Å². The quantitative estimate of drug-likeness (QED) is 0.698. The van der Waals surface area contributed by atoms with Crippen molar-refractivity contribution in [2.45, 2.75) is 59.2 Å². The van der Waals surface area contributed by atoms with Crippen LogP contribution in [0.25, 0.3) is 0 Å². The molecule has 1 unspecified atom stereocenters. The smallest absolute Gasteiger partial charge is 0.127 e. The Balaban J connectivity index is 1.85. The van der Waals surface area contributed by atoms with E-state index in [0.29, 0.717) is 6.61 Å². The summed E-state index contributed by atoms with van der Waals surface area (Å²) in [6, 6.07) is 10.4. The predicted octanol–water partition coefficient (Wildman–Crippen LogP) is 5.23. The number of fused-ring (bicyclic) bond motifs is 1. The molecule has 2 aromatic rings. The monoisotopic (exact) mass is 367 g/mol. The molecule has 0 bridgehead atoms. The SMILES string of the molecule is Cc1c(C)c2c(c(C)c1OCc1ccccc1)CCC(C)(CCN(C)C)O2. The largest absolute Gasteiger partial charge is 0.488 e. The third-order valence-electron chi connectivity index (χ3n) is 5.88. The van der Waals surface area contributed by atoms with E-state index < -0.39 is 0 Å². The molecule has 3 heteroatoms. The molecule has 2 aromatic carbocycles. The average Bonchev–Trinajstić information content (AvgIpc) is 2.65. The van der Waals surface area contributed by atoms with Gasteiger partial charge in [0.25, 0.3) is 0 Å². The van der Waals surface area contributed by atoms with E-state index >= 15 is 0 Å². The van der Waals surface area contributed by atoms with Gasteiger partial charge in [-0.25, -0.2) is 0 Å². The topological polar surface area (TPSA) is 21.7 Å². The Kier molecular flexibility index (Phi) is 5.81. The van der Waals surface area contributed by atoms with Crippen LogP contribution in [0.15, 0.2) is 30.3 Å². The van der Waals surface area contributed by atoms with E-state index in [2.05, 4.69) is 71.0 Å². The van der Waals surface area contributed by atoms with Crippen molar-refractivity contribution in [1.29, 1.82) is 0 Å². The van der Waals surface area contributed by atoms with Gasteiger partial charge in [0.15, 0.2) is 0 Å². The number of rotatable bonds is 6. The molecule has 0 aliphatic carbocycles. The van der Waals surface area contributed by atoms with E-state index in [1.165, 1.54) is 27.8 Å². The molecule has 1 aliphatic rings. The van der Waals surface area contributed by atoms with E-state index in [-0.39, 0.29) is 5.60 Å². The van der Waals surface area contributed by atoms with Gasteiger partial charge in [0.1, 0.15) is 23.7 Å². The minimum absolute atomic E-state index is 0.0900. The fourth-order valence-corrected chi connectivity index (χ4v) is 3.86. The summed E-state index contributed by atoms with van der Waals surface area (Å²) in [7, 11) is 4.24. The molecule has 0 radical (unpaired) electrons. The Labute approximate surface area is 164 Å². The molecule has 0 saturated carbocycles. The van der Waals surface area contributed by atoms with Gasteiger partial charge in [0.05, 0.1) is 0 Å². The molecule has 0 fully saturated rings. The van der Waals surface area contributed by atoms with Gasteiger partial charge in [-0.2, -0.15) is 0 Å². The van der Waals surface area contributed by atoms with E-state index in [0.717, 1.165) is 37.3 Å². The highest BCUT2D eigenvalue weighted by molar-refractivity contribution is 5.59. The standard InChI is InChI=1S/C24H33NO2/c1-17-18(2)23-21(12-13-24(4,27-23)14-15-25(5)6)19(3)22(17)26-16-20-10-8-7-9-11-20/h7-11H,12-16H2,1-6H3. The van der Waals surface area contributed by atoms with Crippen molar-refractivity contribution in [1.82, 2.24) is 4.90 Å². The number of nitrogens with zero attached hydrogens (tertiary/aromatic N) is 1. The summed E-state index contributed by atoms with van der Waals surface area (Å²) in [5.74, 6) is 2.11. The summed E-state index contributed by atoms with van der Waals surface area (Å²) >= 11 is 0. The first-order chi connectivity index (χ1) is 12.8. The third-order valence-corrected chi connectivity index (χ3v) is 5.88. The van der Waals surface area contributed by atoms with Crippen LogP contribution < -0.4 is 9.47 Å². The number of hydrogen-bond acceptors (Lipinski definition) is 3. The van der Waals surface area contributed by atoms with Crippen LogP contribution in [0.5, 0.6) is 11.5 Å². The first-order valence-corrected chi connectivity index (χ1v) is 9.94. The van der Waals surface area contributed by atoms with Crippen molar-refractivity contribution in [3.05, 3.63) is 58.1 Å². The molecular weight excluding hydrogens is 334 g/mol. The molecule has 0 spiro atoms. The minimum atomic E-state index is -0.0900. The average molecular weight is 368 g/mol. The Morgan fingerprint density at radius 3 is 2.41 bits per heavy atom. The fourth-order valence-electron chi connectivity index (χ4n) is 3.86. The van der Waals surface area contributed by atoms with E-state index in [1.807, 2.05) is 6.07 Å². The Morgan fingerprint density at radius 2 is 1.74 bits per heavy atom. The van der Waals surface area contributed by atoms with Gasteiger partial charge in [0.2, 0.25) is 0 Å². The summed E-state index contributed by atoms with van der Waals surface area (Å²) in [4.78, 5) is 2.23. The zero-order valence-electron chi connectivity index (χ0n) is 17.7. The van der Waals surface area contributed by atoms with E-state index in [4.69, 9.17) is 9.47 Å². The van der Waals surface area contributed by atoms with Gasteiger partial charge >= 0.3 is 0 Å². The maximum absolute atomic E-state index is 6.60. The van der Waals surface area contributed by atoms with Crippen molar-refractivity contribution >= 4 is 0 Å². The molecule has 1 aliphatic heterocycles. The molecule has 0 N–H and O–H groups in total. The van der Waals surface area contributed by atoms with Gasteiger partial charge in [-0.05, 0) is 83.3 Å². The second-order valence-corrected chi connectivity index (χ2v) is 8.39. The van der Waals surface area contributed by atoms with Crippen molar-refractivity contribution in [2.24, 2.45) is 0 Å². The number of benzene rings is 2. The lowest BCUT2D eigenvalue weighted by Crippen LogP contribution is -2.39. The molecular formula is C24H33NO2. The summed E-state index contributed by atoms with van der Waals surface area (Å²) in [5.41, 5.74) is 6.07. The summed E-state index contributed by atoms with van der Waals surface area (Å²) < 4.78 is 12.9. The zero-order chi connectivity index (χ0) is 19.6. The van der Waals surface area contributed by atoms with Gasteiger partial charge in [-0.15, -0.1) is 0 Å². The highest BCUT2D eigenvalue weighted by Gasteiger charge is 2.34. The van der Waals surface area contributed by atoms with Crippen molar-refractivity contribution in [3.8, 4) is 11.5 Å². The second kappa shape index (κ2) is 7.93. The van der Waals surface area contributed by atoms with Crippen LogP contribution in [0.2, 0.25) is 0 Å². The molecule has 0 amide bonds. The lowest BCUT2D eigenvalue weighted by molar-refractivity contribution is 0.0480. The van der Waals surface area contributed by atoms with Crippen LogP contribution in [0.1, 0.15) is 47.6 Å². The molecule has 27 heavy (non-hydrogen) atoms. The zero-order valence-corrected chi connectivity index (χ0v) is 17.7. The molecule has 0 aromatic heterocycles. The van der Waals surface area contributed by atoms with Gasteiger partial charge in [-0.3, -0.25) is 0 Å². The van der Waals surface area contributed by atoms with Crippen LogP contribution >= 0.6 is 0 Å². The molecule has 1 atom stereocenters. The summed E-state index contributed by atoms with van der Waals surface area (Å²) in [6.45, 7) is 10.4. The maximum atomic E-state index is 6.60. The first-order valence-electron chi connectivity index (χ1n) is 9.94. The number of hydrogen-bond donors (Lipinski definition) is 0. The van der Waals surface area contributed by atoms with Gasteiger partial charge < -0.3 is 14.4 Å². The summed E-state index contributed by atoms with van der Waals surface area (Å²) in [6.07, 6.45) is 3.15. The molecule has 0 saturated heterocycles. The second-order valence-electron chi connectivity index (χ2n) is 8.39. The minimum Gasteiger partial charge on any atom is -0.488 e. The first kappa shape index (κ1) is 19.8. The molecule has 1 heterocycles. The van der Waals surface area contributed by atoms with Gasteiger partial charge in [-0.1, -0.05) is 30.3 Å². The van der Waals surface area contributed by atoms with Crippen LogP contribution in [0, 0.1) is 20.8 Å². The molecule has 146 valence electrons. The van der Waals surface area contributed by atoms with Crippen LogP contribution in [0.3, 0.4) is 0 Å². The predicted molar refractivity (Wildman–Crippen MR) is 112 cm³/mol. The highest BCUT2D eigenvalue weighted by atomic mass is 16.5. The Morgan fingerprint density at radius 1 is 1.04 bits per heavy atom. The maximum Gasteiger partial charge on any atom is 0.127 e.